The van der Waals surface area contributed by atoms with Crippen LogP contribution in [0.1, 0.15) is 19.8 Å². The summed E-state index contributed by atoms with van der Waals surface area (Å²) in [5.41, 5.74) is 4.90. The smallest absolute Gasteiger partial charge is 0.405 e. The molecule has 1 unspecified atom stereocenters. The van der Waals surface area contributed by atoms with Crippen molar-refractivity contribution in [2.24, 2.45) is 5.73 Å². The van der Waals surface area contributed by atoms with E-state index in [4.69, 9.17) is 10.5 Å². The molecule has 1 atom stereocenters. The quantitative estimate of drug-likeness (QED) is 0.478. The molecule has 0 fully saturated rings. The molecule has 70 valence electrons. The first-order chi connectivity index (χ1) is 5.70. The van der Waals surface area contributed by atoms with Crippen molar-refractivity contribution in [2.45, 2.75) is 25.9 Å². The molecule has 0 aliphatic carbocycles. The SMILES string of the molecule is CCCC(C=CCI)OC(N)=O. The average Bonchev–Trinajstić information content (AvgIpc) is 2.00. The van der Waals surface area contributed by atoms with E-state index in [2.05, 4.69) is 22.6 Å². The molecule has 12 heavy (non-hydrogen) atoms. The summed E-state index contributed by atoms with van der Waals surface area (Å²) in [4.78, 5) is 10.4. The van der Waals surface area contributed by atoms with Crippen LogP contribution in [0.4, 0.5) is 4.79 Å². The lowest BCUT2D eigenvalue weighted by atomic mass is 10.2. The molecule has 0 saturated carbocycles. The first-order valence-corrected chi connectivity index (χ1v) is 5.42. The molecule has 0 aliphatic heterocycles. The Bertz CT molecular complexity index is 159. The van der Waals surface area contributed by atoms with Crippen LogP contribution in [0.5, 0.6) is 0 Å². The number of halogens is 1. The Kier molecular flexibility index (Phi) is 7.23. The number of carbonyl (C=O) groups is 1. The highest BCUT2D eigenvalue weighted by molar-refractivity contribution is 14.1. The highest BCUT2D eigenvalue weighted by atomic mass is 127. The number of alkyl halides is 1. The van der Waals surface area contributed by atoms with Crippen LogP contribution in [-0.4, -0.2) is 16.6 Å². The second-order valence-electron chi connectivity index (χ2n) is 2.35. The van der Waals surface area contributed by atoms with Gasteiger partial charge in [0.25, 0.3) is 0 Å². The number of hydrogen-bond donors (Lipinski definition) is 1. The fraction of sp³-hybridized carbons (Fsp3) is 0.625. The maximum atomic E-state index is 10.4. The van der Waals surface area contributed by atoms with Crippen LogP contribution in [0.3, 0.4) is 0 Å². The first kappa shape index (κ1) is 11.7. The fourth-order valence-electron chi connectivity index (χ4n) is 0.831. The van der Waals surface area contributed by atoms with Crippen molar-refractivity contribution in [1.29, 1.82) is 0 Å². The van der Waals surface area contributed by atoms with Crippen LogP contribution in [0.15, 0.2) is 12.2 Å². The molecule has 0 aliphatic rings. The molecule has 2 N–H and O–H groups in total. The molecule has 0 radical (unpaired) electrons. The number of allylic oxidation sites excluding steroid dienone is 1. The van der Waals surface area contributed by atoms with Gasteiger partial charge < -0.3 is 10.5 Å². The van der Waals surface area contributed by atoms with E-state index in [1.165, 1.54) is 0 Å². The highest BCUT2D eigenvalue weighted by Gasteiger charge is 2.05. The fourth-order valence-corrected chi connectivity index (χ4v) is 1.12. The van der Waals surface area contributed by atoms with Crippen molar-refractivity contribution in [3.63, 3.8) is 0 Å². The van der Waals surface area contributed by atoms with Crippen LogP contribution in [0, 0.1) is 0 Å². The average molecular weight is 283 g/mol. The summed E-state index contributed by atoms with van der Waals surface area (Å²) >= 11 is 2.22. The van der Waals surface area contributed by atoms with Gasteiger partial charge in [-0.05, 0) is 12.5 Å². The third-order valence-electron chi connectivity index (χ3n) is 1.28. The normalized spacial score (nSPS) is 13.2. The van der Waals surface area contributed by atoms with E-state index >= 15 is 0 Å². The Balaban J connectivity index is 3.85. The Labute approximate surface area is 86.5 Å². The summed E-state index contributed by atoms with van der Waals surface area (Å²) in [6.07, 6.45) is 4.79. The molecular weight excluding hydrogens is 269 g/mol. The van der Waals surface area contributed by atoms with Gasteiger partial charge in [0.15, 0.2) is 0 Å². The maximum Gasteiger partial charge on any atom is 0.405 e. The lowest BCUT2D eigenvalue weighted by Gasteiger charge is -2.10. The largest absolute Gasteiger partial charge is 0.442 e. The van der Waals surface area contributed by atoms with E-state index in [1.807, 2.05) is 19.1 Å². The minimum atomic E-state index is -0.702. The van der Waals surface area contributed by atoms with Gasteiger partial charge in [-0.3, -0.25) is 0 Å². The van der Waals surface area contributed by atoms with Crippen LogP contribution in [-0.2, 0) is 4.74 Å². The molecule has 0 rings (SSSR count). The van der Waals surface area contributed by atoms with Gasteiger partial charge in [0.2, 0.25) is 0 Å². The Morgan fingerprint density at radius 1 is 1.75 bits per heavy atom. The number of carbonyl (C=O) groups excluding carboxylic acids is 1. The van der Waals surface area contributed by atoms with Crippen molar-refractivity contribution in [1.82, 2.24) is 0 Å². The summed E-state index contributed by atoms with van der Waals surface area (Å²) in [7, 11) is 0. The third-order valence-corrected chi connectivity index (χ3v) is 1.79. The van der Waals surface area contributed by atoms with Gasteiger partial charge in [0.1, 0.15) is 6.10 Å². The molecule has 0 aromatic heterocycles. The van der Waals surface area contributed by atoms with Crippen LogP contribution < -0.4 is 5.73 Å². The number of hydrogen-bond acceptors (Lipinski definition) is 2. The van der Waals surface area contributed by atoms with E-state index < -0.39 is 6.09 Å². The van der Waals surface area contributed by atoms with Crippen molar-refractivity contribution in [2.75, 3.05) is 4.43 Å². The van der Waals surface area contributed by atoms with Crippen molar-refractivity contribution >= 4 is 28.7 Å². The van der Waals surface area contributed by atoms with Gasteiger partial charge in [-0.25, -0.2) is 4.79 Å². The van der Waals surface area contributed by atoms with Crippen molar-refractivity contribution < 1.29 is 9.53 Å². The van der Waals surface area contributed by atoms with Crippen LogP contribution in [0.2, 0.25) is 0 Å². The molecule has 1 amide bonds. The molecule has 0 heterocycles. The van der Waals surface area contributed by atoms with Crippen molar-refractivity contribution in [3.05, 3.63) is 12.2 Å². The summed E-state index contributed by atoms with van der Waals surface area (Å²) in [6, 6.07) is 0. The lowest BCUT2D eigenvalue weighted by molar-refractivity contribution is 0.124. The summed E-state index contributed by atoms with van der Waals surface area (Å²) < 4.78 is 5.76. The topological polar surface area (TPSA) is 52.3 Å². The van der Waals surface area contributed by atoms with Crippen LogP contribution in [0.25, 0.3) is 0 Å². The highest BCUT2D eigenvalue weighted by Crippen LogP contribution is 2.04. The van der Waals surface area contributed by atoms with Gasteiger partial charge in [-0.15, -0.1) is 0 Å². The molecule has 0 aromatic carbocycles. The predicted molar refractivity (Wildman–Crippen MR) is 57.4 cm³/mol. The zero-order valence-electron chi connectivity index (χ0n) is 7.13. The van der Waals surface area contributed by atoms with Gasteiger partial charge in [-0.1, -0.05) is 42.0 Å². The van der Waals surface area contributed by atoms with E-state index in [-0.39, 0.29) is 6.10 Å². The minimum Gasteiger partial charge on any atom is -0.442 e. The van der Waals surface area contributed by atoms with E-state index in [0.717, 1.165) is 17.3 Å². The lowest BCUT2D eigenvalue weighted by Crippen LogP contribution is -2.21. The summed E-state index contributed by atoms with van der Waals surface area (Å²) in [5, 5.41) is 0. The molecule has 0 saturated heterocycles. The molecule has 0 bridgehead atoms. The number of rotatable bonds is 5. The van der Waals surface area contributed by atoms with E-state index in [1.54, 1.807) is 0 Å². The molecule has 0 spiro atoms. The van der Waals surface area contributed by atoms with E-state index in [0.29, 0.717) is 0 Å². The molecule has 4 heteroatoms. The Hall–Kier alpha value is -0.260. The first-order valence-electron chi connectivity index (χ1n) is 3.89. The number of amides is 1. The molecule has 3 nitrogen and oxygen atoms in total. The zero-order chi connectivity index (χ0) is 9.40. The predicted octanol–water partition coefficient (Wildman–Crippen LogP) is 2.24. The summed E-state index contributed by atoms with van der Waals surface area (Å²) in [6.45, 7) is 2.04. The zero-order valence-corrected chi connectivity index (χ0v) is 9.28. The standard InChI is InChI=1S/C8H14INO2/c1-2-4-7(5-3-6-9)12-8(10)11/h3,5,7H,2,4,6H2,1H3,(H2,10,11). The Morgan fingerprint density at radius 2 is 2.42 bits per heavy atom. The molecular formula is C8H14INO2. The van der Waals surface area contributed by atoms with Crippen molar-refractivity contribution in [3.8, 4) is 0 Å². The number of nitrogens with two attached hydrogens (primary N) is 1. The second kappa shape index (κ2) is 7.39. The molecule has 0 aromatic rings. The van der Waals surface area contributed by atoms with E-state index in [9.17, 15) is 4.79 Å². The second-order valence-corrected chi connectivity index (χ2v) is 3.23. The minimum absolute atomic E-state index is 0.151. The monoisotopic (exact) mass is 283 g/mol. The summed E-state index contributed by atoms with van der Waals surface area (Å²) in [5.74, 6) is 0. The third kappa shape index (κ3) is 6.45. The van der Waals surface area contributed by atoms with Gasteiger partial charge in [0, 0.05) is 4.43 Å². The van der Waals surface area contributed by atoms with Gasteiger partial charge >= 0.3 is 6.09 Å². The van der Waals surface area contributed by atoms with Gasteiger partial charge in [-0.2, -0.15) is 0 Å². The van der Waals surface area contributed by atoms with Gasteiger partial charge in [0.05, 0.1) is 0 Å². The van der Waals surface area contributed by atoms with Crippen LogP contribution >= 0.6 is 22.6 Å². The maximum absolute atomic E-state index is 10.4. The number of ether oxygens (including phenoxy) is 1. The number of primary amides is 1. The Morgan fingerprint density at radius 3 is 2.83 bits per heavy atom.